The number of esters is 1. The number of non-ortho nitro benzene ring substituents is 1. The Morgan fingerprint density at radius 3 is 2.59 bits per heavy atom. The minimum atomic E-state index is -4.12. The summed E-state index contributed by atoms with van der Waals surface area (Å²) in [5, 5.41) is 11.1. The summed E-state index contributed by atoms with van der Waals surface area (Å²) in [7, 11) is -2.77. The topological polar surface area (TPSA) is 125 Å². The summed E-state index contributed by atoms with van der Waals surface area (Å²) in [5.74, 6) is -0.500. The van der Waals surface area contributed by atoms with Gasteiger partial charge in [0.15, 0.2) is 0 Å². The number of benzene rings is 2. The van der Waals surface area contributed by atoms with Crippen LogP contribution in [-0.4, -0.2) is 33.0 Å². The molecule has 0 saturated heterocycles. The molecule has 0 aliphatic rings. The third-order valence-electron chi connectivity index (χ3n) is 4.07. The van der Waals surface area contributed by atoms with Crippen LogP contribution in [0.5, 0.6) is 5.75 Å². The number of hydrogen-bond acceptors (Lipinski definition) is 7. The van der Waals surface area contributed by atoms with E-state index in [2.05, 4.69) is 4.72 Å². The van der Waals surface area contributed by atoms with Gasteiger partial charge in [-0.05, 0) is 37.1 Å². The van der Waals surface area contributed by atoms with Crippen molar-refractivity contribution in [1.82, 2.24) is 4.72 Å². The van der Waals surface area contributed by atoms with E-state index in [-0.39, 0.29) is 34.9 Å². The highest BCUT2D eigenvalue weighted by Gasteiger charge is 2.27. The molecule has 0 unspecified atom stereocenters. The van der Waals surface area contributed by atoms with Gasteiger partial charge in [-0.2, -0.15) is 0 Å². The standard InChI is InChI=1S/C19H22N2O7S/c1-4-28-19(22)12-16(14-6-5-7-15(11-14)21(23)24)20-29(25,26)18-10-13(2)8-9-17(18)27-3/h5-11,16,20H,4,12H2,1-3H3/t16-/m1/s1. The fraction of sp³-hybridized carbons (Fsp3) is 0.316. The van der Waals surface area contributed by atoms with Gasteiger partial charge in [0.2, 0.25) is 10.0 Å². The van der Waals surface area contributed by atoms with Crippen molar-refractivity contribution in [2.24, 2.45) is 0 Å². The van der Waals surface area contributed by atoms with Gasteiger partial charge in [-0.3, -0.25) is 14.9 Å². The van der Waals surface area contributed by atoms with Crippen molar-refractivity contribution in [1.29, 1.82) is 0 Å². The first kappa shape index (κ1) is 22.3. The molecular weight excluding hydrogens is 400 g/mol. The molecule has 0 aromatic heterocycles. The Bertz CT molecular complexity index is 1010. The van der Waals surface area contributed by atoms with Gasteiger partial charge in [-0.25, -0.2) is 13.1 Å². The number of ether oxygens (including phenoxy) is 2. The summed E-state index contributed by atoms with van der Waals surface area (Å²) in [5.41, 5.74) is 0.745. The second kappa shape index (κ2) is 9.48. The number of carbonyl (C=O) groups is 1. The molecule has 0 spiro atoms. The number of nitrogens with one attached hydrogen (secondary N) is 1. The minimum absolute atomic E-state index is 0.0979. The lowest BCUT2D eigenvalue weighted by Crippen LogP contribution is -2.31. The number of sulfonamides is 1. The molecule has 0 radical (unpaired) electrons. The zero-order valence-electron chi connectivity index (χ0n) is 16.2. The lowest BCUT2D eigenvalue weighted by atomic mass is 10.0. The summed E-state index contributed by atoms with van der Waals surface area (Å²) in [4.78, 5) is 22.4. The van der Waals surface area contributed by atoms with E-state index < -0.39 is 27.0 Å². The number of carbonyl (C=O) groups excluding carboxylic acids is 1. The highest BCUT2D eigenvalue weighted by molar-refractivity contribution is 7.89. The van der Waals surface area contributed by atoms with Crippen LogP contribution in [0.15, 0.2) is 47.4 Å². The number of nitro groups is 1. The van der Waals surface area contributed by atoms with Gasteiger partial charge >= 0.3 is 5.97 Å². The third kappa shape index (κ3) is 5.75. The zero-order chi connectivity index (χ0) is 21.6. The van der Waals surface area contributed by atoms with E-state index in [4.69, 9.17) is 9.47 Å². The van der Waals surface area contributed by atoms with Crippen LogP contribution < -0.4 is 9.46 Å². The summed E-state index contributed by atoms with van der Waals surface area (Å²) in [6.45, 7) is 3.48. The van der Waals surface area contributed by atoms with Crippen LogP contribution >= 0.6 is 0 Å². The van der Waals surface area contributed by atoms with Crippen LogP contribution in [-0.2, 0) is 19.6 Å². The molecule has 10 heteroatoms. The van der Waals surface area contributed by atoms with Gasteiger partial charge < -0.3 is 9.47 Å². The molecule has 0 saturated carbocycles. The first-order valence-electron chi connectivity index (χ1n) is 8.75. The maximum absolute atomic E-state index is 13.0. The van der Waals surface area contributed by atoms with Gasteiger partial charge in [0.25, 0.3) is 5.69 Å². The Labute approximate surface area is 168 Å². The lowest BCUT2D eigenvalue weighted by Gasteiger charge is -2.19. The highest BCUT2D eigenvalue weighted by Crippen LogP contribution is 2.28. The van der Waals surface area contributed by atoms with Crippen LogP contribution in [0.4, 0.5) is 5.69 Å². The second-order valence-corrected chi connectivity index (χ2v) is 7.87. The molecule has 0 bridgehead atoms. The van der Waals surface area contributed by atoms with Crippen molar-refractivity contribution in [3.8, 4) is 5.75 Å². The van der Waals surface area contributed by atoms with E-state index in [1.54, 1.807) is 19.9 Å². The maximum Gasteiger partial charge on any atom is 0.307 e. The van der Waals surface area contributed by atoms with Crippen molar-refractivity contribution in [2.75, 3.05) is 13.7 Å². The quantitative estimate of drug-likeness (QED) is 0.374. The van der Waals surface area contributed by atoms with Crippen LogP contribution in [0.3, 0.4) is 0 Å². The first-order valence-corrected chi connectivity index (χ1v) is 10.2. The lowest BCUT2D eigenvalue weighted by molar-refractivity contribution is -0.384. The number of rotatable bonds is 9. The van der Waals surface area contributed by atoms with E-state index in [0.29, 0.717) is 5.56 Å². The predicted molar refractivity (Wildman–Crippen MR) is 105 cm³/mol. The first-order chi connectivity index (χ1) is 13.7. The van der Waals surface area contributed by atoms with Crippen molar-refractivity contribution < 1.29 is 27.6 Å². The van der Waals surface area contributed by atoms with Crippen LogP contribution in [0.1, 0.15) is 30.5 Å². The fourth-order valence-electron chi connectivity index (χ4n) is 2.71. The molecule has 0 aliphatic heterocycles. The van der Waals surface area contributed by atoms with Crippen molar-refractivity contribution in [3.05, 3.63) is 63.7 Å². The van der Waals surface area contributed by atoms with Crippen molar-refractivity contribution in [3.63, 3.8) is 0 Å². The molecule has 0 aliphatic carbocycles. The van der Waals surface area contributed by atoms with E-state index in [0.717, 1.165) is 0 Å². The van der Waals surface area contributed by atoms with Gasteiger partial charge in [-0.1, -0.05) is 18.2 Å². The molecular formula is C19H22N2O7S. The van der Waals surface area contributed by atoms with Crippen LogP contribution in [0, 0.1) is 17.0 Å². The van der Waals surface area contributed by atoms with E-state index in [1.165, 1.54) is 43.5 Å². The Kier molecular flexibility index (Phi) is 7.29. The molecule has 9 nitrogen and oxygen atoms in total. The molecule has 2 aromatic carbocycles. The maximum atomic E-state index is 13.0. The van der Waals surface area contributed by atoms with Crippen LogP contribution in [0.25, 0.3) is 0 Å². The van der Waals surface area contributed by atoms with Gasteiger partial charge in [0.05, 0.1) is 31.1 Å². The molecule has 156 valence electrons. The van der Waals surface area contributed by atoms with E-state index in [9.17, 15) is 23.3 Å². The molecule has 0 fully saturated rings. The van der Waals surface area contributed by atoms with Gasteiger partial charge in [0.1, 0.15) is 10.6 Å². The molecule has 1 atom stereocenters. The minimum Gasteiger partial charge on any atom is -0.495 e. The molecule has 29 heavy (non-hydrogen) atoms. The zero-order valence-corrected chi connectivity index (χ0v) is 17.1. The predicted octanol–water partition coefficient (Wildman–Crippen LogP) is 2.88. The highest BCUT2D eigenvalue weighted by atomic mass is 32.2. The Hall–Kier alpha value is -2.98. The van der Waals surface area contributed by atoms with Gasteiger partial charge in [0, 0.05) is 12.1 Å². The van der Waals surface area contributed by atoms with E-state index in [1.807, 2.05) is 0 Å². The molecule has 2 rings (SSSR count). The Morgan fingerprint density at radius 2 is 1.97 bits per heavy atom. The molecule has 2 aromatic rings. The molecule has 1 N–H and O–H groups in total. The largest absolute Gasteiger partial charge is 0.495 e. The Balaban J connectivity index is 2.47. The van der Waals surface area contributed by atoms with Crippen LogP contribution in [0.2, 0.25) is 0 Å². The van der Waals surface area contributed by atoms with Gasteiger partial charge in [-0.15, -0.1) is 0 Å². The van der Waals surface area contributed by atoms with Crippen molar-refractivity contribution in [2.45, 2.75) is 31.2 Å². The summed E-state index contributed by atoms with van der Waals surface area (Å²) < 4.78 is 38.6. The summed E-state index contributed by atoms with van der Waals surface area (Å²) in [6, 6.07) is 9.04. The van der Waals surface area contributed by atoms with E-state index >= 15 is 0 Å². The molecule has 0 amide bonds. The third-order valence-corrected chi connectivity index (χ3v) is 5.56. The monoisotopic (exact) mass is 422 g/mol. The number of nitro benzene ring substituents is 1. The van der Waals surface area contributed by atoms with Crippen molar-refractivity contribution >= 4 is 21.7 Å². The number of methoxy groups -OCH3 is 1. The number of hydrogen-bond donors (Lipinski definition) is 1. The number of aryl methyl sites for hydroxylation is 1. The molecule has 0 heterocycles. The Morgan fingerprint density at radius 1 is 1.24 bits per heavy atom. The normalized spacial score (nSPS) is 12.2. The fourth-order valence-corrected chi connectivity index (χ4v) is 4.19. The average molecular weight is 422 g/mol. The second-order valence-electron chi connectivity index (χ2n) is 6.19. The SMILES string of the molecule is CCOC(=O)C[C@@H](NS(=O)(=O)c1cc(C)ccc1OC)c1cccc([N+](=O)[O-])c1. The summed E-state index contributed by atoms with van der Waals surface area (Å²) >= 11 is 0. The average Bonchev–Trinajstić information content (AvgIpc) is 2.67. The number of nitrogens with zero attached hydrogens (tertiary/aromatic N) is 1. The smallest absolute Gasteiger partial charge is 0.307 e. The summed E-state index contributed by atoms with van der Waals surface area (Å²) in [6.07, 6.45) is -0.331.